The van der Waals surface area contributed by atoms with Crippen LogP contribution < -0.4 is 5.32 Å². The Labute approximate surface area is 226 Å². The minimum Gasteiger partial charge on any atom is -0.760 e. The van der Waals surface area contributed by atoms with E-state index in [2.05, 4.69) is 5.32 Å². The van der Waals surface area contributed by atoms with Gasteiger partial charge < -0.3 is 18.8 Å². The van der Waals surface area contributed by atoms with Crippen molar-refractivity contribution in [3.63, 3.8) is 0 Å². The monoisotopic (exact) mass is 560 g/mol. The molecule has 11 heteroatoms. The Balaban J connectivity index is 1.65. The Kier molecular flexibility index (Phi) is 9.21. The summed E-state index contributed by atoms with van der Waals surface area (Å²) in [6.45, 7) is 6.18. The number of nitrogens with one attached hydrogen (secondary N) is 1. The smallest absolute Gasteiger partial charge is 0.255 e. The Hall–Kier alpha value is -2.36. The number of rotatable bonds is 13. The predicted molar refractivity (Wildman–Crippen MR) is 148 cm³/mol. The summed E-state index contributed by atoms with van der Waals surface area (Å²) in [5, 5.41) is 3.33. The van der Waals surface area contributed by atoms with Crippen molar-refractivity contribution in [1.82, 2.24) is 14.6 Å². The van der Waals surface area contributed by atoms with Gasteiger partial charge in [0, 0.05) is 43.2 Å². The van der Waals surface area contributed by atoms with Gasteiger partial charge in [-0.25, -0.2) is 9.29 Å². The molecule has 1 fully saturated rings. The lowest BCUT2D eigenvalue weighted by Crippen LogP contribution is -2.27. The van der Waals surface area contributed by atoms with E-state index in [1.165, 1.54) is 4.31 Å². The van der Waals surface area contributed by atoms with Crippen LogP contribution in [0.2, 0.25) is 0 Å². The minimum atomic E-state index is -2.65. The molecule has 3 aromatic rings. The fourth-order valence-corrected chi connectivity index (χ4v) is 6.59. The molecule has 1 amide bonds. The summed E-state index contributed by atoms with van der Waals surface area (Å²) in [7, 11) is -1.07. The van der Waals surface area contributed by atoms with Gasteiger partial charge in [0.1, 0.15) is 5.76 Å². The third-order valence-corrected chi connectivity index (χ3v) is 9.41. The van der Waals surface area contributed by atoms with Crippen LogP contribution in [0.25, 0.3) is 22.4 Å². The summed E-state index contributed by atoms with van der Waals surface area (Å²) in [4.78, 5) is 17.7. The van der Waals surface area contributed by atoms with Gasteiger partial charge in [0.05, 0.1) is 29.8 Å². The van der Waals surface area contributed by atoms with Gasteiger partial charge >= 0.3 is 0 Å². The number of fused-ring (bicyclic) bond motifs is 1. The van der Waals surface area contributed by atoms with E-state index in [9.17, 15) is 18.1 Å². The molecule has 1 aliphatic rings. The van der Waals surface area contributed by atoms with Crippen LogP contribution in [-0.4, -0.2) is 57.0 Å². The van der Waals surface area contributed by atoms with Crippen LogP contribution in [-0.2, 0) is 26.9 Å². The molecule has 0 spiro atoms. The van der Waals surface area contributed by atoms with Crippen molar-refractivity contribution in [1.29, 1.82) is 0 Å². The maximum absolute atomic E-state index is 12.9. The Bertz CT molecular complexity index is 1370. The van der Waals surface area contributed by atoms with Crippen LogP contribution in [0.1, 0.15) is 65.7 Å². The van der Waals surface area contributed by atoms with Crippen LogP contribution in [0.3, 0.4) is 0 Å². The number of aromatic nitrogens is 1. The SMILES string of the molecule is CCOP(C)(=O)CCCCN(Cc1nc2oc(-c3ccc(C)cc3)c(C(=O)NC)c2cc1C1CC1)S(=O)[O-]. The average Bonchev–Trinajstić information content (AvgIpc) is 3.65. The first-order chi connectivity index (χ1) is 18.1. The molecular formula is C27H35N3O6PS-. The average molecular weight is 561 g/mol. The lowest BCUT2D eigenvalue weighted by atomic mass is 10.0. The highest BCUT2D eigenvalue weighted by molar-refractivity contribution is 7.76. The molecule has 0 radical (unpaired) electrons. The van der Waals surface area contributed by atoms with Gasteiger partial charge in [-0.15, -0.1) is 0 Å². The molecule has 38 heavy (non-hydrogen) atoms. The molecule has 206 valence electrons. The maximum Gasteiger partial charge on any atom is 0.255 e. The second kappa shape index (κ2) is 12.2. The molecule has 0 bridgehead atoms. The van der Waals surface area contributed by atoms with Crippen molar-refractivity contribution < 1.29 is 27.1 Å². The fraction of sp³-hybridized carbons (Fsp3) is 0.481. The van der Waals surface area contributed by atoms with Crippen molar-refractivity contribution in [3.05, 3.63) is 52.7 Å². The first kappa shape index (κ1) is 28.6. The number of benzene rings is 1. The van der Waals surface area contributed by atoms with E-state index in [1.807, 2.05) is 37.3 Å². The van der Waals surface area contributed by atoms with Gasteiger partial charge in [-0.2, -0.15) is 0 Å². The summed E-state index contributed by atoms with van der Waals surface area (Å²) >= 11 is -2.46. The fourth-order valence-electron chi connectivity index (χ4n) is 4.61. The van der Waals surface area contributed by atoms with Gasteiger partial charge in [-0.05, 0) is 57.1 Å². The van der Waals surface area contributed by atoms with Gasteiger partial charge in [0.2, 0.25) is 5.71 Å². The van der Waals surface area contributed by atoms with Crippen molar-refractivity contribution in [3.8, 4) is 11.3 Å². The zero-order valence-electron chi connectivity index (χ0n) is 22.3. The number of hydrogen-bond acceptors (Lipinski definition) is 7. The van der Waals surface area contributed by atoms with Crippen LogP contribution in [0.4, 0.5) is 0 Å². The molecule has 4 rings (SSSR count). The number of hydrogen-bond donors (Lipinski definition) is 1. The molecule has 1 N–H and O–H groups in total. The van der Waals surface area contributed by atoms with E-state index in [-0.39, 0.29) is 24.9 Å². The number of nitrogens with zero attached hydrogens (tertiary/aromatic N) is 2. The number of carbonyl (C=O) groups excluding carboxylic acids is 1. The van der Waals surface area contributed by atoms with Crippen LogP contribution >= 0.6 is 7.37 Å². The van der Waals surface area contributed by atoms with Crippen LogP contribution in [0, 0.1) is 6.92 Å². The molecule has 1 aromatic carbocycles. The first-order valence-electron chi connectivity index (χ1n) is 12.9. The molecule has 2 aromatic heterocycles. The zero-order valence-corrected chi connectivity index (χ0v) is 24.0. The molecule has 1 saturated carbocycles. The van der Waals surface area contributed by atoms with E-state index < -0.39 is 18.6 Å². The largest absolute Gasteiger partial charge is 0.760 e. The molecule has 2 atom stereocenters. The second-order valence-electron chi connectivity index (χ2n) is 9.85. The maximum atomic E-state index is 12.9. The van der Waals surface area contributed by atoms with E-state index in [4.69, 9.17) is 13.9 Å². The van der Waals surface area contributed by atoms with Crippen LogP contribution in [0.15, 0.2) is 34.7 Å². The summed E-state index contributed by atoms with van der Waals surface area (Å²) in [6, 6.07) is 9.68. The molecule has 9 nitrogen and oxygen atoms in total. The quantitative estimate of drug-likeness (QED) is 0.169. The third-order valence-electron chi connectivity index (χ3n) is 6.74. The summed E-state index contributed by atoms with van der Waals surface area (Å²) < 4.78 is 49.4. The normalized spacial score (nSPS) is 16.1. The number of unbranched alkanes of at least 4 members (excludes halogenated alkanes) is 1. The van der Waals surface area contributed by atoms with Gasteiger partial charge in [0.15, 0.2) is 7.37 Å². The van der Waals surface area contributed by atoms with Crippen molar-refractivity contribution in [2.75, 3.05) is 33.0 Å². The van der Waals surface area contributed by atoms with Crippen LogP contribution in [0.5, 0.6) is 0 Å². The standard InChI is InChI=1S/C27H36N3O6PS/c1-5-35-37(4,32)15-7-6-14-30(38(33)34)17-23-21(19-12-13-19)16-22-24(26(31)28-3)25(36-27(22)29-23)20-10-8-18(2)9-11-20/h8-11,16,19H,5-7,12-15,17H2,1-4H3,(H,28,31)(H,33,34)/p-1. The van der Waals surface area contributed by atoms with E-state index in [0.717, 1.165) is 29.5 Å². The topological polar surface area (TPSA) is 125 Å². The van der Waals surface area contributed by atoms with E-state index >= 15 is 0 Å². The Morgan fingerprint density at radius 2 is 2.00 bits per heavy atom. The van der Waals surface area contributed by atoms with Gasteiger partial charge in [0.25, 0.3) is 5.91 Å². The second-order valence-corrected chi connectivity index (χ2v) is 13.5. The highest BCUT2D eigenvalue weighted by Crippen LogP contribution is 2.45. The lowest BCUT2D eigenvalue weighted by Gasteiger charge is -2.25. The molecule has 0 aliphatic heterocycles. The summed E-state index contributed by atoms with van der Waals surface area (Å²) in [5.74, 6) is 0.447. The Morgan fingerprint density at radius 1 is 1.29 bits per heavy atom. The van der Waals surface area contributed by atoms with Crippen molar-refractivity contribution in [2.45, 2.75) is 52.0 Å². The third kappa shape index (κ3) is 6.79. The van der Waals surface area contributed by atoms with Gasteiger partial charge in [-0.1, -0.05) is 29.8 Å². The highest BCUT2D eigenvalue weighted by atomic mass is 32.2. The van der Waals surface area contributed by atoms with E-state index in [0.29, 0.717) is 53.7 Å². The first-order valence-corrected chi connectivity index (χ1v) is 16.2. The predicted octanol–water partition coefficient (Wildman–Crippen LogP) is 5.36. The molecule has 0 saturated heterocycles. The molecule has 1 aliphatic carbocycles. The molecule has 2 heterocycles. The molecular weight excluding hydrogens is 525 g/mol. The van der Waals surface area contributed by atoms with Gasteiger partial charge in [-0.3, -0.25) is 13.6 Å². The number of amides is 1. The summed E-state index contributed by atoms with van der Waals surface area (Å²) in [6.07, 6.45) is 3.54. The zero-order chi connectivity index (χ0) is 27.4. The number of furan rings is 1. The number of pyridine rings is 1. The summed E-state index contributed by atoms with van der Waals surface area (Å²) in [5.41, 5.74) is 4.17. The number of aryl methyl sites for hydroxylation is 1. The molecule has 2 unspecified atom stereocenters. The van der Waals surface area contributed by atoms with Crippen molar-refractivity contribution in [2.24, 2.45) is 0 Å². The minimum absolute atomic E-state index is 0.100. The number of carbonyl (C=O) groups is 1. The highest BCUT2D eigenvalue weighted by Gasteiger charge is 2.31. The Morgan fingerprint density at radius 3 is 2.61 bits per heavy atom. The van der Waals surface area contributed by atoms with Crippen molar-refractivity contribution >= 4 is 35.6 Å². The van der Waals surface area contributed by atoms with E-state index in [1.54, 1.807) is 20.6 Å². The lowest BCUT2D eigenvalue weighted by molar-refractivity contribution is 0.0964.